The van der Waals surface area contributed by atoms with Gasteiger partial charge < -0.3 is 4.90 Å². The standard InChI is InChI=1S/C24H24N4O3S2/c1-16-8-9-20(12-17(16)2)33(30,31)26-19-7-5-6-18(13-19)21-14-28-22(15-32-24(28)25-21)23(29)27-10-3-4-11-27/h5-9,12-15,26H,3-4,10-11H2,1-2H3. The van der Waals surface area contributed by atoms with Crippen molar-refractivity contribution >= 4 is 37.9 Å². The normalized spacial score (nSPS) is 14.2. The molecule has 1 aliphatic rings. The van der Waals surface area contributed by atoms with Crippen molar-refractivity contribution in [1.29, 1.82) is 0 Å². The molecular weight excluding hydrogens is 456 g/mol. The Morgan fingerprint density at radius 3 is 2.61 bits per heavy atom. The average molecular weight is 481 g/mol. The zero-order valence-corrected chi connectivity index (χ0v) is 20.0. The minimum Gasteiger partial charge on any atom is -0.337 e. The van der Waals surface area contributed by atoms with Crippen LogP contribution in [0.25, 0.3) is 16.2 Å². The number of nitrogens with one attached hydrogen (secondary N) is 1. The van der Waals surface area contributed by atoms with Crippen molar-refractivity contribution in [2.75, 3.05) is 17.8 Å². The highest BCUT2D eigenvalue weighted by atomic mass is 32.2. The number of aryl methyl sites for hydroxylation is 2. The molecule has 9 heteroatoms. The fraction of sp³-hybridized carbons (Fsp3) is 0.250. The summed E-state index contributed by atoms with van der Waals surface area (Å²) in [6.45, 7) is 5.42. The molecule has 0 unspecified atom stereocenters. The molecule has 0 saturated carbocycles. The van der Waals surface area contributed by atoms with Crippen LogP contribution in [0.1, 0.15) is 34.5 Å². The van der Waals surface area contributed by atoms with Gasteiger partial charge in [-0.15, -0.1) is 11.3 Å². The minimum atomic E-state index is -3.72. The lowest BCUT2D eigenvalue weighted by atomic mass is 10.1. The molecule has 1 N–H and O–H groups in total. The van der Waals surface area contributed by atoms with Crippen LogP contribution in [0.3, 0.4) is 0 Å². The average Bonchev–Trinajstić information content (AvgIpc) is 3.52. The maximum Gasteiger partial charge on any atom is 0.271 e. The van der Waals surface area contributed by atoms with Gasteiger partial charge in [0, 0.05) is 35.9 Å². The summed E-state index contributed by atoms with van der Waals surface area (Å²) in [7, 11) is -3.72. The van der Waals surface area contributed by atoms with Crippen molar-refractivity contribution in [1.82, 2.24) is 14.3 Å². The third kappa shape index (κ3) is 4.14. The first kappa shape index (κ1) is 21.7. The number of imidazole rings is 1. The van der Waals surface area contributed by atoms with Crippen LogP contribution in [0, 0.1) is 13.8 Å². The summed E-state index contributed by atoms with van der Waals surface area (Å²) in [5.41, 5.74) is 4.48. The lowest BCUT2D eigenvalue weighted by Gasteiger charge is -2.14. The molecule has 0 atom stereocenters. The lowest BCUT2D eigenvalue weighted by Crippen LogP contribution is -2.28. The molecule has 5 rings (SSSR count). The molecule has 170 valence electrons. The van der Waals surface area contributed by atoms with Gasteiger partial charge in [-0.1, -0.05) is 18.2 Å². The van der Waals surface area contributed by atoms with Crippen molar-refractivity contribution in [2.24, 2.45) is 0 Å². The molecule has 4 aromatic rings. The number of likely N-dealkylation sites (tertiary alicyclic amines) is 1. The molecule has 1 fully saturated rings. The molecule has 0 aliphatic carbocycles. The molecule has 1 aliphatic heterocycles. The van der Waals surface area contributed by atoms with Gasteiger partial charge in [0.15, 0.2) is 4.96 Å². The lowest BCUT2D eigenvalue weighted by molar-refractivity contribution is 0.0786. The van der Waals surface area contributed by atoms with E-state index in [9.17, 15) is 13.2 Å². The summed E-state index contributed by atoms with van der Waals surface area (Å²) in [5.74, 6) is 0.0256. The van der Waals surface area contributed by atoms with Gasteiger partial charge in [0.25, 0.3) is 15.9 Å². The number of nitrogens with zero attached hydrogens (tertiary/aromatic N) is 3. The number of sulfonamides is 1. The predicted molar refractivity (Wildman–Crippen MR) is 130 cm³/mol. The number of benzene rings is 2. The fourth-order valence-electron chi connectivity index (χ4n) is 4.00. The number of aromatic nitrogens is 2. The van der Waals surface area contributed by atoms with Crippen LogP contribution in [-0.4, -0.2) is 41.7 Å². The molecule has 1 saturated heterocycles. The number of amides is 1. The Balaban J connectivity index is 1.43. The zero-order valence-electron chi connectivity index (χ0n) is 18.4. The first-order valence-corrected chi connectivity index (χ1v) is 13.1. The molecule has 0 spiro atoms. The van der Waals surface area contributed by atoms with E-state index in [0.717, 1.165) is 47.6 Å². The maximum absolute atomic E-state index is 12.9. The number of hydrogen-bond donors (Lipinski definition) is 1. The van der Waals surface area contributed by atoms with Gasteiger partial charge in [-0.05, 0) is 62.1 Å². The number of thiazole rings is 1. The number of fused-ring (bicyclic) bond motifs is 1. The number of carbonyl (C=O) groups is 1. The Labute approximate surface area is 196 Å². The van der Waals surface area contributed by atoms with Crippen molar-refractivity contribution in [3.05, 3.63) is 70.9 Å². The quantitative estimate of drug-likeness (QED) is 0.448. The van der Waals surface area contributed by atoms with Crippen molar-refractivity contribution < 1.29 is 13.2 Å². The third-order valence-electron chi connectivity index (χ3n) is 6.02. The van der Waals surface area contributed by atoms with E-state index < -0.39 is 10.0 Å². The minimum absolute atomic E-state index is 0.0256. The van der Waals surface area contributed by atoms with E-state index in [-0.39, 0.29) is 10.8 Å². The Morgan fingerprint density at radius 2 is 1.85 bits per heavy atom. The number of rotatable bonds is 5. The highest BCUT2D eigenvalue weighted by molar-refractivity contribution is 7.92. The molecular formula is C24H24N4O3S2. The zero-order chi connectivity index (χ0) is 23.2. The predicted octanol–water partition coefficient (Wildman–Crippen LogP) is 4.72. The molecule has 2 aromatic heterocycles. The van der Waals surface area contributed by atoms with Crippen LogP contribution in [0.4, 0.5) is 5.69 Å². The largest absolute Gasteiger partial charge is 0.337 e. The van der Waals surface area contributed by atoms with Gasteiger partial charge in [-0.2, -0.15) is 0 Å². The summed E-state index contributed by atoms with van der Waals surface area (Å²) in [5, 5.41) is 1.85. The van der Waals surface area contributed by atoms with Crippen LogP contribution in [-0.2, 0) is 10.0 Å². The number of anilines is 1. The van der Waals surface area contributed by atoms with Gasteiger partial charge in [0.1, 0.15) is 5.69 Å². The topological polar surface area (TPSA) is 83.8 Å². The smallest absolute Gasteiger partial charge is 0.271 e. The number of hydrogen-bond acceptors (Lipinski definition) is 5. The van der Waals surface area contributed by atoms with E-state index in [2.05, 4.69) is 9.71 Å². The molecule has 0 bridgehead atoms. The SMILES string of the molecule is Cc1ccc(S(=O)(=O)Nc2cccc(-c3cn4c(C(=O)N5CCCC5)csc4n3)c2)cc1C. The van der Waals surface area contributed by atoms with Gasteiger partial charge in [0.2, 0.25) is 0 Å². The van der Waals surface area contributed by atoms with E-state index in [1.54, 1.807) is 36.4 Å². The van der Waals surface area contributed by atoms with E-state index in [0.29, 0.717) is 17.1 Å². The van der Waals surface area contributed by atoms with Gasteiger partial charge >= 0.3 is 0 Å². The van der Waals surface area contributed by atoms with Crippen LogP contribution in [0.2, 0.25) is 0 Å². The van der Waals surface area contributed by atoms with Crippen molar-refractivity contribution in [3.63, 3.8) is 0 Å². The molecule has 33 heavy (non-hydrogen) atoms. The maximum atomic E-state index is 12.9. The third-order valence-corrected chi connectivity index (χ3v) is 8.24. The van der Waals surface area contributed by atoms with Crippen LogP contribution >= 0.6 is 11.3 Å². The Kier molecular flexibility index (Phi) is 5.46. The highest BCUT2D eigenvalue weighted by Gasteiger charge is 2.23. The number of carbonyl (C=O) groups excluding carboxylic acids is 1. The van der Waals surface area contributed by atoms with Crippen LogP contribution in [0.15, 0.2) is 58.9 Å². The summed E-state index contributed by atoms with van der Waals surface area (Å²) in [4.78, 5) is 20.4. The first-order chi connectivity index (χ1) is 15.8. The molecule has 3 heterocycles. The fourth-order valence-corrected chi connectivity index (χ4v) is 5.98. The van der Waals surface area contributed by atoms with Crippen LogP contribution < -0.4 is 4.72 Å². The first-order valence-electron chi connectivity index (χ1n) is 10.8. The van der Waals surface area contributed by atoms with E-state index in [4.69, 9.17) is 0 Å². The van der Waals surface area contributed by atoms with Gasteiger partial charge in [-0.3, -0.25) is 13.9 Å². The summed E-state index contributed by atoms with van der Waals surface area (Å²) in [6, 6.07) is 12.2. The Morgan fingerprint density at radius 1 is 1.06 bits per heavy atom. The van der Waals surface area contributed by atoms with Crippen LogP contribution in [0.5, 0.6) is 0 Å². The summed E-state index contributed by atoms with van der Waals surface area (Å²) in [6.07, 6.45) is 3.92. The van der Waals surface area contributed by atoms with Crippen molar-refractivity contribution in [2.45, 2.75) is 31.6 Å². The van der Waals surface area contributed by atoms with E-state index in [1.807, 2.05) is 40.8 Å². The highest BCUT2D eigenvalue weighted by Crippen LogP contribution is 2.28. The Hall–Kier alpha value is -3.17. The molecule has 7 nitrogen and oxygen atoms in total. The monoisotopic (exact) mass is 480 g/mol. The Bertz CT molecular complexity index is 1460. The van der Waals surface area contributed by atoms with Gasteiger partial charge in [-0.25, -0.2) is 13.4 Å². The van der Waals surface area contributed by atoms with Crippen molar-refractivity contribution in [3.8, 4) is 11.3 Å². The van der Waals surface area contributed by atoms with E-state index >= 15 is 0 Å². The summed E-state index contributed by atoms with van der Waals surface area (Å²) >= 11 is 1.42. The summed E-state index contributed by atoms with van der Waals surface area (Å²) < 4.78 is 30.3. The molecule has 0 radical (unpaired) electrons. The second-order valence-electron chi connectivity index (χ2n) is 8.33. The molecule has 2 aromatic carbocycles. The van der Waals surface area contributed by atoms with Gasteiger partial charge in [0.05, 0.1) is 10.6 Å². The van der Waals surface area contributed by atoms with E-state index in [1.165, 1.54) is 11.3 Å². The molecule has 1 amide bonds. The second kappa shape index (κ2) is 8.31. The second-order valence-corrected chi connectivity index (χ2v) is 10.9.